The van der Waals surface area contributed by atoms with Gasteiger partial charge < -0.3 is 9.97 Å². The van der Waals surface area contributed by atoms with Crippen molar-refractivity contribution in [2.24, 2.45) is 0 Å². The van der Waals surface area contributed by atoms with Gasteiger partial charge in [-0.2, -0.15) is 0 Å². The minimum Gasteiger partial charge on any atom is -0.355 e. The molecule has 3 aromatic rings. The van der Waals surface area contributed by atoms with Crippen molar-refractivity contribution in [1.29, 1.82) is 0 Å². The number of aromatic amines is 2. The molecule has 114 valence electrons. The van der Waals surface area contributed by atoms with E-state index < -0.39 is 0 Å². The number of H-pyrrole nitrogens is 2. The zero-order chi connectivity index (χ0) is 15.9. The number of fused-ring (bicyclic) bond motifs is 9. The first-order valence-electron chi connectivity index (χ1n) is 7.85. The SMILES string of the molecule is C1=Cc2cc3ccc(cc4ccc([nH]4)c4nc(ccc1n2)C=C4)[nH]3. The summed E-state index contributed by atoms with van der Waals surface area (Å²) in [4.78, 5) is 16.0. The van der Waals surface area contributed by atoms with Crippen molar-refractivity contribution in [3.8, 4) is 0 Å². The molecule has 0 saturated heterocycles. The third-order valence-electron chi connectivity index (χ3n) is 4.10. The fourth-order valence-corrected chi connectivity index (χ4v) is 2.93. The van der Waals surface area contributed by atoms with E-state index in [1.54, 1.807) is 0 Å². The lowest BCUT2D eigenvalue weighted by Gasteiger charge is -1.86. The molecule has 4 heteroatoms. The number of hydrogen-bond donors (Lipinski definition) is 2. The molecule has 2 N–H and O–H groups in total. The molecule has 0 radical (unpaired) electrons. The van der Waals surface area contributed by atoms with Gasteiger partial charge in [0.2, 0.25) is 0 Å². The summed E-state index contributed by atoms with van der Waals surface area (Å²) in [6.45, 7) is 0. The van der Waals surface area contributed by atoms with Crippen LogP contribution in [-0.2, 0) is 0 Å². The molecular weight excluding hydrogens is 296 g/mol. The highest BCUT2D eigenvalue weighted by molar-refractivity contribution is 5.81. The predicted molar refractivity (Wildman–Crippen MR) is 98.9 cm³/mol. The molecule has 24 heavy (non-hydrogen) atoms. The van der Waals surface area contributed by atoms with Gasteiger partial charge >= 0.3 is 0 Å². The van der Waals surface area contributed by atoms with Crippen LogP contribution in [0, 0.1) is 0 Å². The van der Waals surface area contributed by atoms with Crippen molar-refractivity contribution in [3.63, 3.8) is 0 Å². The Kier molecular flexibility index (Phi) is 2.76. The number of rotatable bonds is 0. The van der Waals surface area contributed by atoms with Crippen LogP contribution in [-0.4, -0.2) is 19.9 Å². The van der Waals surface area contributed by atoms with Crippen molar-refractivity contribution < 1.29 is 0 Å². The molecule has 0 amide bonds. The topological polar surface area (TPSA) is 57.4 Å². The molecule has 0 aliphatic carbocycles. The summed E-state index contributed by atoms with van der Waals surface area (Å²) in [5, 5.41) is 0. The number of nitrogens with one attached hydrogen (secondary N) is 2. The highest BCUT2D eigenvalue weighted by Crippen LogP contribution is 2.18. The molecule has 8 bridgehead atoms. The van der Waals surface area contributed by atoms with Crippen LogP contribution in [0.4, 0.5) is 0 Å². The van der Waals surface area contributed by atoms with E-state index in [1.807, 2.05) is 42.5 Å². The van der Waals surface area contributed by atoms with Crippen LogP contribution >= 0.6 is 0 Å². The lowest BCUT2D eigenvalue weighted by Crippen LogP contribution is -1.76. The zero-order valence-electron chi connectivity index (χ0n) is 12.8. The van der Waals surface area contributed by atoms with Crippen molar-refractivity contribution in [3.05, 3.63) is 71.3 Å². The van der Waals surface area contributed by atoms with E-state index >= 15 is 0 Å². The average Bonchev–Trinajstić information content (AvgIpc) is 3.32. The molecule has 0 fully saturated rings. The van der Waals surface area contributed by atoms with Gasteiger partial charge in [-0.05, 0) is 72.8 Å². The van der Waals surface area contributed by atoms with Crippen LogP contribution in [0.25, 0.3) is 46.4 Å². The summed E-state index contributed by atoms with van der Waals surface area (Å²) >= 11 is 0. The highest BCUT2D eigenvalue weighted by atomic mass is 14.8. The third-order valence-corrected chi connectivity index (χ3v) is 4.10. The molecule has 2 aliphatic rings. The second-order valence-corrected chi connectivity index (χ2v) is 5.87. The average molecular weight is 310 g/mol. The second kappa shape index (κ2) is 5.06. The number of hydrogen-bond acceptors (Lipinski definition) is 2. The van der Waals surface area contributed by atoms with E-state index in [4.69, 9.17) is 0 Å². The van der Waals surface area contributed by atoms with Crippen LogP contribution < -0.4 is 0 Å². The summed E-state index contributed by atoms with van der Waals surface area (Å²) in [6, 6.07) is 16.3. The van der Waals surface area contributed by atoms with Crippen molar-refractivity contribution in [2.75, 3.05) is 0 Å². The Labute approximate surface area is 138 Å². The maximum Gasteiger partial charge on any atom is 0.0872 e. The first kappa shape index (κ1) is 13.1. The monoisotopic (exact) mass is 310 g/mol. The van der Waals surface area contributed by atoms with Gasteiger partial charge in [0.25, 0.3) is 0 Å². The Hall–Kier alpha value is -3.40. The van der Waals surface area contributed by atoms with Crippen LogP contribution in [0.5, 0.6) is 0 Å². The van der Waals surface area contributed by atoms with Gasteiger partial charge in [-0.3, -0.25) is 0 Å². The maximum atomic E-state index is 4.65. The van der Waals surface area contributed by atoms with Crippen LogP contribution in [0.3, 0.4) is 0 Å². The highest BCUT2D eigenvalue weighted by Gasteiger charge is 2.02. The van der Waals surface area contributed by atoms with Gasteiger partial charge in [-0.25, -0.2) is 9.97 Å². The van der Waals surface area contributed by atoms with Gasteiger partial charge in [0, 0.05) is 16.6 Å². The molecule has 5 heterocycles. The second-order valence-electron chi connectivity index (χ2n) is 5.87. The quantitative estimate of drug-likeness (QED) is 0.437. The Bertz CT molecular complexity index is 1160. The van der Waals surface area contributed by atoms with E-state index in [-0.39, 0.29) is 0 Å². The summed E-state index contributed by atoms with van der Waals surface area (Å²) in [5.41, 5.74) is 7.88. The molecule has 3 aromatic heterocycles. The zero-order valence-corrected chi connectivity index (χ0v) is 12.8. The van der Waals surface area contributed by atoms with Crippen LogP contribution in [0.2, 0.25) is 0 Å². The van der Waals surface area contributed by atoms with Gasteiger partial charge in [0.1, 0.15) is 0 Å². The Morgan fingerprint density at radius 3 is 2.12 bits per heavy atom. The summed E-state index contributed by atoms with van der Waals surface area (Å²) in [6.07, 6.45) is 8.07. The normalized spacial score (nSPS) is 12.7. The number of nitrogens with zero attached hydrogens (tertiary/aromatic N) is 2. The first-order chi connectivity index (χ1) is 11.8. The summed E-state index contributed by atoms with van der Waals surface area (Å²) in [5.74, 6) is 0. The third kappa shape index (κ3) is 2.34. The molecule has 2 aliphatic heterocycles. The number of aromatic nitrogens is 4. The van der Waals surface area contributed by atoms with Crippen molar-refractivity contribution in [1.82, 2.24) is 19.9 Å². The fraction of sp³-hybridized carbons (Fsp3) is 0. The predicted octanol–water partition coefficient (Wildman–Crippen LogP) is 4.66. The minimum absolute atomic E-state index is 0.929. The van der Waals surface area contributed by atoms with Gasteiger partial charge in [-0.15, -0.1) is 0 Å². The van der Waals surface area contributed by atoms with E-state index in [2.05, 4.69) is 50.3 Å². The molecule has 0 atom stereocenters. The van der Waals surface area contributed by atoms with E-state index in [1.165, 1.54) is 0 Å². The van der Waals surface area contributed by atoms with E-state index in [0.29, 0.717) is 0 Å². The molecular formula is C20H14N4. The molecule has 0 unspecified atom stereocenters. The van der Waals surface area contributed by atoms with Crippen molar-refractivity contribution in [2.45, 2.75) is 0 Å². The standard InChI is InChI=1S/C20H14N4/c1-2-14-7-9-19(23-14)20-10-8-18(24-20)12-17-6-5-16(22-17)11-15-4-3-13(1)21-15/h1-12,22,24H. The minimum atomic E-state index is 0.929. The molecule has 5 rings (SSSR count). The Morgan fingerprint density at radius 1 is 0.542 bits per heavy atom. The van der Waals surface area contributed by atoms with Crippen LogP contribution in [0.1, 0.15) is 22.8 Å². The van der Waals surface area contributed by atoms with E-state index in [9.17, 15) is 0 Å². The lowest BCUT2D eigenvalue weighted by molar-refractivity contribution is 1.30. The van der Waals surface area contributed by atoms with Gasteiger partial charge in [-0.1, -0.05) is 0 Å². The maximum absolute atomic E-state index is 4.65. The summed E-state index contributed by atoms with van der Waals surface area (Å²) in [7, 11) is 0. The molecule has 4 nitrogen and oxygen atoms in total. The van der Waals surface area contributed by atoms with Crippen molar-refractivity contribution >= 4 is 46.4 Å². The largest absolute Gasteiger partial charge is 0.355 e. The smallest absolute Gasteiger partial charge is 0.0872 e. The van der Waals surface area contributed by atoms with Gasteiger partial charge in [0.05, 0.1) is 28.3 Å². The Balaban J connectivity index is 1.86. The summed E-state index contributed by atoms with van der Waals surface area (Å²) < 4.78 is 0. The first-order valence-corrected chi connectivity index (χ1v) is 7.85. The molecule has 0 spiro atoms. The van der Waals surface area contributed by atoms with Gasteiger partial charge in [0.15, 0.2) is 0 Å². The Morgan fingerprint density at radius 2 is 1.21 bits per heavy atom. The molecule has 0 aromatic carbocycles. The lowest BCUT2D eigenvalue weighted by atomic mass is 10.3. The van der Waals surface area contributed by atoms with E-state index in [0.717, 1.165) is 44.8 Å². The fourth-order valence-electron chi connectivity index (χ4n) is 2.93. The van der Waals surface area contributed by atoms with Crippen LogP contribution in [0.15, 0.2) is 48.5 Å². The molecule has 0 saturated carbocycles.